The number of hydrogen-bond donors (Lipinski definition) is 2. The van der Waals surface area contributed by atoms with E-state index in [0.717, 1.165) is 38.8 Å². The van der Waals surface area contributed by atoms with E-state index >= 15 is 0 Å². The van der Waals surface area contributed by atoms with E-state index in [2.05, 4.69) is 10.6 Å². The van der Waals surface area contributed by atoms with Gasteiger partial charge in [0.05, 0.1) is 12.8 Å². The van der Waals surface area contributed by atoms with E-state index in [1.807, 2.05) is 70.3 Å². The lowest BCUT2D eigenvalue weighted by molar-refractivity contribution is -0.696. The van der Waals surface area contributed by atoms with Crippen molar-refractivity contribution in [2.75, 3.05) is 13.1 Å². The van der Waals surface area contributed by atoms with Crippen molar-refractivity contribution in [3.63, 3.8) is 0 Å². The van der Waals surface area contributed by atoms with Gasteiger partial charge < -0.3 is 10.6 Å². The number of nitrogens with one attached hydrogen (secondary N) is 2. The van der Waals surface area contributed by atoms with E-state index in [1.165, 1.54) is 0 Å². The zero-order valence-electron chi connectivity index (χ0n) is 17.4. The number of aromatic nitrogens is 2. The Labute approximate surface area is 191 Å². The summed E-state index contributed by atoms with van der Waals surface area (Å²) in [5.74, 6) is 0.194. The quantitative estimate of drug-likeness (QED) is 0.358. The van der Waals surface area contributed by atoms with Crippen LogP contribution in [0, 0.1) is 0 Å². The molecule has 166 valence electrons. The number of halogens is 2. The van der Waals surface area contributed by atoms with E-state index in [4.69, 9.17) is 0 Å². The van der Waals surface area contributed by atoms with Gasteiger partial charge in [0.15, 0.2) is 37.9 Å². The van der Waals surface area contributed by atoms with Crippen LogP contribution in [0.3, 0.4) is 0 Å². The van der Waals surface area contributed by atoms with Crippen molar-refractivity contribution < 1.29 is 18.7 Å². The Hall–Kier alpha value is -2.18. The predicted octanol–water partition coefficient (Wildman–Crippen LogP) is 2.38. The SMILES string of the molecule is Cl.Cl.O=C(CC[n+]1ccccc1)NCCCCCCNC(=O)CC[n+]1ccccc1. The maximum atomic E-state index is 11.8. The molecule has 6 nitrogen and oxygen atoms in total. The Morgan fingerprint density at radius 1 is 0.567 bits per heavy atom. The van der Waals surface area contributed by atoms with Crippen molar-refractivity contribution in [2.24, 2.45) is 0 Å². The van der Waals surface area contributed by atoms with Crippen LogP contribution in [0.2, 0.25) is 0 Å². The van der Waals surface area contributed by atoms with Crippen LogP contribution in [-0.2, 0) is 22.7 Å². The molecular formula is C22H34Cl2N4O2+2. The van der Waals surface area contributed by atoms with Crippen LogP contribution < -0.4 is 19.8 Å². The number of carbonyl (C=O) groups excluding carboxylic acids is 2. The molecule has 2 aromatic rings. The van der Waals surface area contributed by atoms with Gasteiger partial charge in [-0.3, -0.25) is 9.59 Å². The molecule has 2 N–H and O–H groups in total. The molecule has 2 rings (SSSR count). The third-order valence-electron chi connectivity index (χ3n) is 4.50. The van der Waals surface area contributed by atoms with Crippen LogP contribution >= 0.6 is 24.8 Å². The summed E-state index contributed by atoms with van der Waals surface area (Å²) in [5, 5.41) is 5.94. The molecule has 0 bridgehead atoms. The van der Waals surface area contributed by atoms with E-state index in [-0.39, 0.29) is 36.6 Å². The molecule has 0 spiro atoms. The summed E-state index contributed by atoms with van der Waals surface area (Å²) in [6.07, 6.45) is 12.9. The normalized spacial score (nSPS) is 9.73. The van der Waals surface area contributed by atoms with Crippen molar-refractivity contribution in [3.8, 4) is 0 Å². The lowest BCUT2D eigenvalue weighted by Crippen LogP contribution is -2.36. The number of hydrogen-bond acceptors (Lipinski definition) is 2. The van der Waals surface area contributed by atoms with Crippen LogP contribution in [0.25, 0.3) is 0 Å². The summed E-state index contributed by atoms with van der Waals surface area (Å²) in [5.41, 5.74) is 0. The Morgan fingerprint density at radius 2 is 0.933 bits per heavy atom. The summed E-state index contributed by atoms with van der Waals surface area (Å²) < 4.78 is 4.01. The molecule has 0 aromatic carbocycles. The number of rotatable bonds is 13. The van der Waals surface area contributed by atoms with Gasteiger partial charge in [0.25, 0.3) is 0 Å². The number of carbonyl (C=O) groups is 2. The molecule has 0 saturated carbocycles. The molecule has 0 aliphatic rings. The fourth-order valence-electron chi connectivity index (χ4n) is 2.86. The Balaban J connectivity index is 0.00000420. The maximum Gasteiger partial charge on any atom is 0.226 e. The molecule has 0 atom stereocenters. The van der Waals surface area contributed by atoms with E-state index in [9.17, 15) is 9.59 Å². The molecule has 2 aromatic heterocycles. The predicted molar refractivity (Wildman–Crippen MR) is 121 cm³/mol. The summed E-state index contributed by atoms with van der Waals surface area (Å²) in [6, 6.07) is 11.8. The second-order valence-corrected chi connectivity index (χ2v) is 6.84. The van der Waals surface area contributed by atoms with E-state index < -0.39 is 0 Å². The van der Waals surface area contributed by atoms with Gasteiger partial charge in [-0.2, -0.15) is 0 Å². The maximum absolute atomic E-state index is 11.8. The largest absolute Gasteiger partial charge is 0.356 e. The van der Waals surface area contributed by atoms with Crippen molar-refractivity contribution in [1.82, 2.24) is 10.6 Å². The highest BCUT2D eigenvalue weighted by molar-refractivity contribution is 5.85. The number of amides is 2. The molecule has 0 unspecified atom stereocenters. The van der Waals surface area contributed by atoms with E-state index in [0.29, 0.717) is 25.9 Å². The lowest BCUT2D eigenvalue weighted by atomic mass is 10.2. The summed E-state index contributed by atoms with van der Waals surface area (Å²) in [4.78, 5) is 23.6. The van der Waals surface area contributed by atoms with Crippen LogP contribution in [0.15, 0.2) is 61.2 Å². The molecule has 0 fully saturated rings. The second-order valence-electron chi connectivity index (χ2n) is 6.84. The van der Waals surface area contributed by atoms with Gasteiger partial charge in [-0.15, -0.1) is 24.8 Å². The number of aryl methyl sites for hydroxylation is 2. The zero-order chi connectivity index (χ0) is 19.9. The standard InChI is InChI=1S/C22H30N4O2.2ClH/c27-21(11-19-25-15-7-3-8-16-25)23-13-5-1-2-6-14-24-22(28)12-20-26-17-9-4-10-18-26;;/h3-4,7-10,15-18H,1-2,5-6,11-14,19-20H2;2*1H/p+2. The zero-order valence-corrected chi connectivity index (χ0v) is 19.0. The first-order valence-corrected chi connectivity index (χ1v) is 10.2. The third-order valence-corrected chi connectivity index (χ3v) is 4.50. The number of unbranched alkanes of at least 4 members (excludes halogenated alkanes) is 3. The minimum absolute atomic E-state index is 0. The fourth-order valence-corrected chi connectivity index (χ4v) is 2.86. The fraction of sp³-hybridized carbons (Fsp3) is 0.455. The van der Waals surface area contributed by atoms with Gasteiger partial charge in [0, 0.05) is 37.4 Å². The van der Waals surface area contributed by atoms with Crippen molar-refractivity contribution in [1.29, 1.82) is 0 Å². The van der Waals surface area contributed by atoms with Crippen molar-refractivity contribution in [3.05, 3.63) is 61.2 Å². The molecule has 0 saturated heterocycles. The monoisotopic (exact) mass is 456 g/mol. The minimum Gasteiger partial charge on any atom is -0.356 e. The molecular weight excluding hydrogens is 423 g/mol. The van der Waals surface area contributed by atoms with Gasteiger partial charge in [0.2, 0.25) is 11.8 Å². The van der Waals surface area contributed by atoms with Gasteiger partial charge in [0.1, 0.15) is 0 Å². The Morgan fingerprint density at radius 3 is 1.30 bits per heavy atom. The second kappa shape index (κ2) is 17.7. The van der Waals surface area contributed by atoms with Crippen molar-refractivity contribution in [2.45, 2.75) is 51.6 Å². The van der Waals surface area contributed by atoms with E-state index in [1.54, 1.807) is 0 Å². The number of nitrogens with zero attached hydrogens (tertiary/aromatic N) is 2. The first kappa shape index (κ1) is 27.8. The average Bonchev–Trinajstić information content (AvgIpc) is 2.74. The van der Waals surface area contributed by atoms with Crippen LogP contribution in [0.4, 0.5) is 0 Å². The molecule has 30 heavy (non-hydrogen) atoms. The smallest absolute Gasteiger partial charge is 0.226 e. The molecule has 0 aliphatic carbocycles. The van der Waals surface area contributed by atoms with Crippen LogP contribution in [0.5, 0.6) is 0 Å². The van der Waals surface area contributed by atoms with Gasteiger partial charge in [-0.05, 0) is 12.8 Å². The highest BCUT2D eigenvalue weighted by Crippen LogP contribution is 1.98. The topological polar surface area (TPSA) is 66.0 Å². The third kappa shape index (κ3) is 13.1. The summed E-state index contributed by atoms with van der Waals surface area (Å²) in [7, 11) is 0. The molecule has 8 heteroatoms. The molecule has 0 radical (unpaired) electrons. The number of pyridine rings is 2. The summed E-state index contributed by atoms with van der Waals surface area (Å²) >= 11 is 0. The van der Waals surface area contributed by atoms with Crippen LogP contribution in [-0.4, -0.2) is 24.9 Å². The lowest BCUT2D eigenvalue weighted by Gasteiger charge is -2.05. The first-order chi connectivity index (χ1) is 13.7. The van der Waals surface area contributed by atoms with Crippen LogP contribution in [0.1, 0.15) is 38.5 Å². The molecule has 2 amide bonds. The molecule has 0 aliphatic heterocycles. The van der Waals surface area contributed by atoms with Gasteiger partial charge in [-0.1, -0.05) is 25.0 Å². The first-order valence-electron chi connectivity index (χ1n) is 10.2. The Bertz CT molecular complexity index is 641. The summed E-state index contributed by atoms with van der Waals surface area (Å²) in [6.45, 7) is 2.85. The van der Waals surface area contributed by atoms with Gasteiger partial charge in [-0.25, -0.2) is 9.13 Å². The Kier molecular flexibility index (Phi) is 16.4. The van der Waals surface area contributed by atoms with Gasteiger partial charge >= 0.3 is 0 Å². The highest BCUT2D eigenvalue weighted by Gasteiger charge is 2.06. The highest BCUT2D eigenvalue weighted by atomic mass is 35.5. The van der Waals surface area contributed by atoms with Crippen molar-refractivity contribution >= 4 is 36.6 Å². The molecule has 2 heterocycles. The average molecular weight is 457 g/mol. The minimum atomic E-state index is 0.